The Kier molecular flexibility index (Phi) is 7.16. The smallest absolute Gasteiger partial charge is 0.272 e. The number of nitriles is 1. The number of rotatable bonds is 10. The summed E-state index contributed by atoms with van der Waals surface area (Å²) in [6.45, 7) is 2.59. The van der Waals surface area contributed by atoms with Crippen molar-refractivity contribution in [2.75, 3.05) is 26.3 Å². The van der Waals surface area contributed by atoms with Gasteiger partial charge in [0.25, 0.3) is 11.8 Å². The van der Waals surface area contributed by atoms with Gasteiger partial charge in [-0.1, -0.05) is 12.1 Å². The molecular weight excluding hydrogens is 498 g/mol. The summed E-state index contributed by atoms with van der Waals surface area (Å²) in [7, 11) is -3.73. The zero-order valence-corrected chi connectivity index (χ0v) is 21.7. The second-order valence-electron chi connectivity index (χ2n) is 10.2. The minimum absolute atomic E-state index is 0.00155. The fourth-order valence-electron chi connectivity index (χ4n) is 4.70. The summed E-state index contributed by atoms with van der Waals surface area (Å²) in [6.07, 6.45) is 1.13. The molecule has 11 nitrogen and oxygen atoms in total. The first-order chi connectivity index (χ1) is 17.5. The van der Waals surface area contributed by atoms with Gasteiger partial charge in [-0.25, -0.2) is 8.42 Å². The summed E-state index contributed by atoms with van der Waals surface area (Å²) in [5, 5.41) is 35.2. The van der Waals surface area contributed by atoms with Gasteiger partial charge in [0.05, 0.1) is 40.9 Å². The molecule has 0 saturated heterocycles. The van der Waals surface area contributed by atoms with Gasteiger partial charge in [0, 0.05) is 25.2 Å². The number of benzene rings is 1. The van der Waals surface area contributed by atoms with Crippen LogP contribution in [0.3, 0.4) is 0 Å². The second-order valence-corrected chi connectivity index (χ2v) is 13.2. The van der Waals surface area contributed by atoms with Crippen molar-refractivity contribution in [1.29, 1.82) is 5.26 Å². The van der Waals surface area contributed by atoms with Gasteiger partial charge >= 0.3 is 0 Å². The van der Waals surface area contributed by atoms with Crippen LogP contribution >= 0.6 is 0 Å². The number of aromatic nitrogens is 2. The van der Waals surface area contributed by atoms with Crippen LogP contribution in [-0.4, -0.2) is 80.9 Å². The molecule has 0 radical (unpaired) electrons. The molecule has 1 aromatic carbocycles. The predicted octanol–water partition coefficient (Wildman–Crippen LogP) is 0.394. The van der Waals surface area contributed by atoms with Crippen molar-refractivity contribution in [3.8, 4) is 6.07 Å². The Bertz CT molecular complexity index is 1350. The first-order valence-corrected chi connectivity index (χ1v) is 13.6. The molecule has 1 aliphatic carbocycles. The SMILES string of the molecule is CC(C)(CO)S(=O)(=O)C1(CN2CCc3c(C(=O)NCc4ccc(C#N)cc4)nn(CCO)c3C2=O)CC1. The van der Waals surface area contributed by atoms with Gasteiger partial charge in [-0.2, -0.15) is 10.4 Å². The first-order valence-electron chi connectivity index (χ1n) is 12.1. The number of aliphatic hydroxyl groups excluding tert-OH is 2. The third-order valence-electron chi connectivity index (χ3n) is 7.20. The largest absolute Gasteiger partial charge is 0.395 e. The van der Waals surface area contributed by atoms with E-state index in [4.69, 9.17) is 5.26 Å². The van der Waals surface area contributed by atoms with Gasteiger partial charge in [-0.05, 0) is 50.8 Å². The lowest BCUT2D eigenvalue weighted by atomic mass is 10.0. The minimum atomic E-state index is -3.73. The fraction of sp³-hybridized carbons (Fsp3) is 0.520. The lowest BCUT2D eigenvalue weighted by Gasteiger charge is -2.34. The molecule has 2 aromatic rings. The lowest BCUT2D eigenvalue weighted by Crippen LogP contribution is -2.51. The van der Waals surface area contributed by atoms with Crippen LogP contribution < -0.4 is 5.32 Å². The van der Waals surface area contributed by atoms with E-state index in [2.05, 4.69) is 10.4 Å². The van der Waals surface area contributed by atoms with Gasteiger partial charge in [-0.15, -0.1) is 0 Å². The monoisotopic (exact) mass is 529 g/mol. The fourth-order valence-corrected chi connectivity index (χ4v) is 7.00. The summed E-state index contributed by atoms with van der Waals surface area (Å²) in [4.78, 5) is 28.0. The average molecular weight is 530 g/mol. The lowest BCUT2D eigenvalue weighted by molar-refractivity contribution is 0.0720. The van der Waals surface area contributed by atoms with E-state index in [1.165, 1.54) is 23.4 Å². The van der Waals surface area contributed by atoms with Crippen molar-refractivity contribution in [2.24, 2.45) is 0 Å². The van der Waals surface area contributed by atoms with Crippen molar-refractivity contribution in [3.05, 3.63) is 52.3 Å². The quantitative estimate of drug-likeness (QED) is 0.398. The first kappa shape index (κ1) is 26.8. The Morgan fingerprint density at radius 2 is 1.92 bits per heavy atom. The molecule has 2 heterocycles. The highest BCUT2D eigenvalue weighted by Gasteiger charge is 2.60. The normalized spacial score (nSPS) is 16.7. The number of carbonyl (C=O) groups excluding carboxylic acids is 2. The standard InChI is InChI=1S/C25H31N5O6S/c1-24(2,16-32)37(35,36)25(8-9-25)15-29-10-7-19-20(28-30(11-12-31)21(19)23(29)34)22(33)27-14-18-5-3-17(13-26)4-6-18/h3-6,31-32H,7-12,14-16H2,1-2H3,(H,27,33). The number of sulfone groups is 1. The van der Waals surface area contributed by atoms with Crippen LogP contribution in [0.1, 0.15) is 64.4 Å². The maximum absolute atomic E-state index is 13.5. The van der Waals surface area contributed by atoms with E-state index < -0.39 is 37.8 Å². The Balaban J connectivity index is 1.55. The molecular formula is C25H31N5O6S. The second kappa shape index (κ2) is 9.89. The molecule has 1 saturated carbocycles. The highest BCUT2D eigenvalue weighted by atomic mass is 32.2. The number of hydrogen-bond donors (Lipinski definition) is 3. The molecule has 198 valence electrons. The van der Waals surface area contributed by atoms with Crippen molar-refractivity contribution in [3.63, 3.8) is 0 Å². The molecule has 0 bridgehead atoms. The summed E-state index contributed by atoms with van der Waals surface area (Å²) >= 11 is 0. The average Bonchev–Trinajstić information content (AvgIpc) is 3.59. The van der Waals surface area contributed by atoms with Gasteiger partial charge < -0.3 is 20.4 Å². The van der Waals surface area contributed by atoms with Crippen molar-refractivity contribution in [1.82, 2.24) is 20.0 Å². The van der Waals surface area contributed by atoms with E-state index in [0.717, 1.165) is 5.56 Å². The van der Waals surface area contributed by atoms with E-state index in [1.807, 2.05) is 6.07 Å². The summed E-state index contributed by atoms with van der Waals surface area (Å²) in [6, 6.07) is 8.82. The van der Waals surface area contributed by atoms with Gasteiger partial charge in [-0.3, -0.25) is 14.3 Å². The van der Waals surface area contributed by atoms with Crippen molar-refractivity contribution in [2.45, 2.75) is 55.7 Å². The third-order valence-corrected chi connectivity index (χ3v) is 10.5. The Hall–Kier alpha value is -3.27. The zero-order valence-electron chi connectivity index (χ0n) is 20.9. The number of fused-ring (bicyclic) bond motifs is 1. The van der Waals surface area contributed by atoms with Crippen LogP contribution in [0.15, 0.2) is 24.3 Å². The van der Waals surface area contributed by atoms with E-state index in [0.29, 0.717) is 30.4 Å². The molecule has 2 aliphatic rings. The number of carbonyl (C=O) groups is 2. The number of hydrogen-bond acceptors (Lipinski definition) is 8. The minimum Gasteiger partial charge on any atom is -0.395 e. The van der Waals surface area contributed by atoms with E-state index in [9.17, 15) is 28.2 Å². The third kappa shape index (κ3) is 4.74. The van der Waals surface area contributed by atoms with Gasteiger partial charge in [0.2, 0.25) is 0 Å². The molecule has 12 heteroatoms. The molecule has 0 unspecified atom stereocenters. The van der Waals surface area contributed by atoms with Crippen molar-refractivity contribution >= 4 is 21.7 Å². The van der Waals surface area contributed by atoms with E-state index in [1.54, 1.807) is 24.3 Å². The van der Waals surface area contributed by atoms with Crippen LogP contribution in [0, 0.1) is 11.3 Å². The number of aliphatic hydroxyl groups is 2. The van der Waals surface area contributed by atoms with E-state index >= 15 is 0 Å². The number of nitrogens with zero attached hydrogens (tertiary/aromatic N) is 4. The van der Waals surface area contributed by atoms with Crippen LogP contribution in [0.5, 0.6) is 0 Å². The highest BCUT2D eigenvalue weighted by molar-refractivity contribution is 7.94. The van der Waals surface area contributed by atoms with Crippen LogP contribution in [0.25, 0.3) is 0 Å². The molecule has 1 fully saturated rings. The number of amides is 2. The van der Waals surface area contributed by atoms with Gasteiger partial charge in [0.1, 0.15) is 5.69 Å². The van der Waals surface area contributed by atoms with Gasteiger partial charge in [0.15, 0.2) is 15.5 Å². The maximum atomic E-state index is 13.5. The molecule has 1 aromatic heterocycles. The molecule has 3 N–H and O–H groups in total. The highest BCUT2D eigenvalue weighted by Crippen LogP contribution is 2.49. The molecule has 4 rings (SSSR count). The van der Waals surface area contributed by atoms with Crippen molar-refractivity contribution < 1.29 is 28.2 Å². The summed E-state index contributed by atoms with van der Waals surface area (Å²) < 4.78 is 25.4. The molecule has 2 amide bonds. The molecule has 1 aliphatic heterocycles. The molecule has 0 atom stereocenters. The Morgan fingerprint density at radius 1 is 1.24 bits per heavy atom. The Labute approximate surface area is 215 Å². The summed E-state index contributed by atoms with van der Waals surface area (Å²) in [5.74, 6) is -0.902. The zero-order chi connectivity index (χ0) is 27.0. The van der Waals surface area contributed by atoms with Crippen LogP contribution in [0.2, 0.25) is 0 Å². The topological polar surface area (TPSA) is 166 Å². The Morgan fingerprint density at radius 3 is 2.49 bits per heavy atom. The molecule has 0 spiro atoms. The maximum Gasteiger partial charge on any atom is 0.272 e. The van der Waals surface area contributed by atoms with Crippen LogP contribution in [-0.2, 0) is 29.3 Å². The number of nitrogens with one attached hydrogen (secondary N) is 1. The predicted molar refractivity (Wildman–Crippen MR) is 133 cm³/mol. The summed E-state index contributed by atoms with van der Waals surface area (Å²) in [5.41, 5.74) is 2.05. The van der Waals surface area contributed by atoms with Crippen LogP contribution in [0.4, 0.5) is 0 Å². The van der Waals surface area contributed by atoms with E-state index in [-0.39, 0.29) is 44.2 Å². The molecule has 37 heavy (non-hydrogen) atoms.